The first kappa shape index (κ1) is 17.7. The second-order valence-electron chi connectivity index (χ2n) is 6.47. The highest BCUT2D eigenvalue weighted by Crippen LogP contribution is 2.23. The van der Waals surface area contributed by atoms with Gasteiger partial charge in [-0.3, -0.25) is 14.5 Å². The number of aromatic nitrogens is 3. The van der Waals surface area contributed by atoms with Gasteiger partial charge in [0.15, 0.2) is 5.76 Å². The number of pyridine rings is 1. The monoisotopic (exact) mass is 369 g/mol. The van der Waals surface area contributed by atoms with E-state index in [9.17, 15) is 4.79 Å². The molecule has 0 radical (unpaired) electrons. The second kappa shape index (κ2) is 7.88. The number of hydrogen-bond acceptors (Lipinski definition) is 4. The highest BCUT2D eigenvalue weighted by atomic mass is 16.3. The van der Waals surface area contributed by atoms with Crippen molar-refractivity contribution in [1.29, 1.82) is 0 Å². The molecule has 0 saturated heterocycles. The molecule has 138 valence electrons. The lowest BCUT2D eigenvalue weighted by Crippen LogP contribution is -2.00. The third-order valence-electron chi connectivity index (χ3n) is 4.31. The van der Waals surface area contributed by atoms with Gasteiger partial charge in [0.05, 0.1) is 6.54 Å². The van der Waals surface area contributed by atoms with Gasteiger partial charge in [-0.25, -0.2) is 0 Å². The molecule has 0 spiro atoms. The van der Waals surface area contributed by atoms with E-state index in [2.05, 4.69) is 17.1 Å². The minimum absolute atomic E-state index is 0.180. The lowest BCUT2D eigenvalue weighted by atomic mass is 10.1. The van der Waals surface area contributed by atoms with Crippen molar-refractivity contribution >= 4 is 11.9 Å². The lowest BCUT2D eigenvalue weighted by Gasteiger charge is -2.01. The van der Waals surface area contributed by atoms with E-state index in [1.807, 2.05) is 48.1 Å². The normalized spacial score (nSPS) is 11.2. The summed E-state index contributed by atoms with van der Waals surface area (Å²) in [6.07, 6.45) is 8.72. The first-order valence-electron chi connectivity index (χ1n) is 9.00. The maximum atomic E-state index is 12.4. The van der Waals surface area contributed by atoms with Gasteiger partial charge in [-0.2, -0.15) is 5.10 Å². The van der Waals surface area contributed by atoms with Crippen LogP contribution in [0.4, 0.5) is 0 Å². The molecule has 3 heterocycles. The van der Waals surface area contributed by atoms with E-state index in [1.165, 1.54) is 6.08 Å². The number of rotatable bonds is 6. The van der Waals surface area contributed by atoms with Gasteiger partial charge in [0, 0.05) is 29.7 Å². The Balaban J connectivity index is 1.66. The van der Waals surface area contributed by atoms with Gasteiger partial charge in [-0.05, 0) is 48.9 Å². The Labute approximate surface area is 163 Å². The Morgan fingerprint density at radius 2 is 1.96 bits per heavy atom. The van der Waals surface area contributed by atoms with Crippen molar-refractivity contribution in [3.63, 3.8) is 0 Å². The molecule has 0 aliphatic carbocycles. The van der Waals surface area contributed by atoms with Crippen molar-refractivity contribution in [3.8, 4) is 11.3 Å². The number of furan rings is 1. The van der Waals surface area contributed by atoms with Crippen molar-refractivity contribution < 1.29 is 9.21 Å². The van der Waals surface area contributed by atoms with E-state index < -0.39 is 0 Å². The zero-order valence-electron chi connectivity index (χ0n) is 15.4. The molecule has 0 bridgehead atoms. The molecule has 5 nitrogen and oxygen atoms in total. The van der Waals surface area contributed by atoms with Crippen molar-refractivity contribution in [3.05, 3.63) is 102 Å². The molecule has 0 unspecified atom stereocenters. The van der Waals surface area contributed by atoms with Crippen LogP contribution in [0.2, 0.25) is 0 Å². The molecule has 0 N–H and O–H groups in total. The van der Waals surface area contributed by atoms with Gasteiger partial charge in [-0.1, -0.05) is 30.3 Å². The minimum Gasteiger partial charge on any atom is -0.458 e. The van der Waals surface area contributed by atoms with Crippen LogP contribution in [0.5, 0.6) is 0 Å². The first-order valence-corrected chi connectivity index (χ1v) is 9.00. The van der Waals surface area contributed by atoms with Crippen LogP contribution in [0.3, 0.4) is 0 Å². The molecular weight excluding hydrogens is 350 g/mol. The van der Waals surface area contributed by atoms with E-state index in [0.29, 0.717) is 18.1 Å². The smallest absolute Gasteiger partial charge is 0.221 e. The van der Waals surface area contributed by atoms with Gasteiger partial charge in [0.2, 0.25) is 5.78 Å². The molecule has 4 aromatic rings. The first-order chi connectivity index (χ1) is 13.7. The average Bonchev–Trinajstić information content (AvgIpc) is 3.34. The SMILES string of the molecule is Cc1ccc(C(=O)/C=C/c2cn(Cc3ccccc3)nc2-c2cccnc2)o1. The van der Waals surface area contributed by atoms with Crippen LogP contribution in [0.1, 0.15) is 27.4 Å². The van der Waals surface area contributed by atoms with Crippen molar-refractivity contribution in [2.75, 3.05) is 0 Å². The zero-order chi connectivity index (χ0) is 19.3. The van der Waals surface area contributed by atoms with Crippen LogP contribution < -0.4 is 0 Å². The Kier molecular flexibility index (Phi) is 4.97. The van der Waals surface area contributed by atoms with Gasteiger partial charge >= 0.3 is 0 Å². The van der Waals surface area contributed by atoms with Crippen LogP contribution in [0, 0.1) is 6.92 Å². The van der Waals surface area contributed by atoms with Crippen molar-refractivity contribution in [2.45, 2.75) is 13.5 Å². The van der Waals surface area contributed by atoms with Gasteiger partial charge in [0.25, 0.3) is 0 Å². The molecule has 3 aromatic heterocycles. The molecular formula is C23H19N3O2. The van der Waals surface area contributed by atoms with Crippen molar-refractivity contribution in [1.82, 2.24) is 14.8 Å². The lowest BCUT2D eigenvalue weighted by molar-refractivity contribution is 0.102. The summed E-state index contributed by atoms with van der Waals surface area (Å²) in [4.78, 5) is 16.5. The van der Waals surface area contributed by atoms with Gasteiger partial charge in [0.1, 0.15) is 11.5 Å². The molecule has 0 atom stereocenters. The highest BCUT2D eigenvalue weighted by Gasteiger charge is 2.12. The Morgan fingerprint density at radius 3 is 2.68 bits per heavy atom. The number of benzene rings is 1. The number of nitrogens with zero attached hydrogens (tertiary/aromatic N) is 3. The molecule has 5 heteroatoms. The maximum absolute atomic E-state index is 12.4. The molecule has 4 rings (SSSR count). The largest absolute Gasteiger partial charge is 0.458 e. The molecule has 1 aromatic carbocycles. The number of hydrogen-bond donors (Lipinski definition) is 0. The third-order valence-corrected chi connectivity index (χ3v) is 4.31. The predicted molar refractivity (Wildman–Crippen MR) is 108 cm³/mol. The standard InChI is InChI=1S/C23H19N3O2/c1-17-9-12-22(28-17)21(27)11-10-20-16-26(15-18-6-3-2-4-7-18)25-23(20)19-8-5-13-24-14-19/h2-14,16H,15H2,1H3/b11-10+. The topological polar surface area (TPSA) is 60.9 Å². The highest BCUT2D eigenvalue weighted by molar-refractivity contribution is 6.05. The fourth-order valence-electron chi connectivity index (χ4n) is 2.95. The summed E-state index contributed by atoms with van der Waals surface area (Å²) in [7, 11) is 0. The molecule has 0 fully saturated rings. The summed E-state index contributed by atoms with van der Waals surface area (Å²) in [5.41, 5.74) is 3.68. The van der Waals surface area contributed by atoms with Crippen LogP contribution in [-0.4, -0.2) is 20.5 Å². The summed E-state index contributed by atoms with van der Waals surface area (Å²) in [5.74, 6) is 0.859. The number of ketones is 1. The number of allylic oxidation sites excluding steroid dienone is 1. The summed E-state index contributed by atoms with van der Waals surface area (Å²) in [6.45, 7) is 2.46. The quantitative estimate of drug-likeness (QED) is 0.362. The third kappa shape index (κ3) is 3.99. The van der Waals surface area contributed by atoms with Gasteiger partial charge in [-0.15, -0.1) is 0 Å². The molecule has 0 aliphatic rings. The predicted octanol–water partition coefficient (Wildman–Crippen LogP) is 4.79. The Morgan fingerprint density at radius 1 is 1.11 bits per heavy atom. The fraction of sp³-hybridized carbons (Fsp3) is 0.0870. The number of carbonyl (C=O) groups excluding carboxylic acids is 1. The Hall–Kier alpha value is -3.73. The van der Waals surface area contributed by atoms with Crippen LogP contribution in [0.25, 0.3) is 17.3 Å². The van der Waals surface area contributed by atoms with Crippen LogP contribution in [0.15, 0.2) is 83.7 Å². The van der Waals surface area contributed by atoms with Crippen LogP contribution in [-0.2, 0) is 6.54 Å². The van der Waals surface area contributed by atoms with Crippen LogP contribution >= 0.6 is 0 Å². The van der Waals surface area contributed by atoms with E-state index in [0.717, 1.165) is 22.4 Å². The number of aryl methyl sites for hydroxylation is 1. The summed E-state index contributed by atoms with van der Waals surface area (Å²) in [5, 5.41) is 4.72. The fourth-order valence-corrected chi connectivity index (χ4v) is 2.95. The van der Waals surface area contributed by atoms with E-state index in [1.54, 1.807) is 30.6 Å². The summed E-state index contributed by atoms with van der Waals surface area (Å²) in [6, 6.07) is 17.4. The number of carbonyl (C=O) groups is 1. The maximum Gasteiger partial charge on any atom is 0.221 e. The molecule has 0 aliphatic heterocycles. The average molecular weight is 369 g/mol. The zero-order valence-corrected chi connectivity index (χ0v) is 15.4. The Bertz CT molecular complexity index is 1110. The summed E-state index contributed by atoms with van der Waals surface area (Å²) >= 11 is 0. The van der Waals surface area contributed by atoms with E-state index in [4.69, 9.17) is 9.52 Å². The second-order valence-corrected chi connectivity index (χ2v) is 6.47. The molecule has 0 amide bonds. The molecule has 28 heavy (non-hydrogen) atoms. The van der Waals surface area contributed by atoms with Gasteiger partial charge < -0.3 is 4.42 Å². The summed E-state index contributed by atoms with van der Waals surface area (Å²) < 4.78 is 7.28. The van der Waals surface area contributed by atoms with E-state index >= 15 is 0 Å². The molecule has 0 saturated carbocycles. The van der Waals surface area contributed by atoms with E-state index in [-0.39, 0.29) is 5.78 Å². The minimum atomic E-state index is -0.180. The van der Waals surface area contributed by atoms with Crippen molar-refractivity contribution in [2.24, 2.45) is 0 Å².